The van der Waals surface area contributed by atoms with Gasteiger partial charge in [0.05, 0.1) is 6.61 Å². The number of oxime groups is 1. The second kappa shape index (κ2) is 6.71. The maximum atomic E-state index is 8.33. The molecule has 0 aliphatic carbocycles. The van der Waals surface area contributed by atoms with E-state index >= 15 is 0 Å². The lowest BCUT2D eigenvalue weighted by Gasteiger charge is -2.06. The largest absolute Gasteiger partial charge is 0.494 e. The molecule has 0 heterocycles. The maximum Gasteiger partial charge on any atom is 0.139 e. The van der Waals surface area contributed by atoms with Gasteiger partial charge in [0.2, 0.25) is 0 Å². The van der Waals surface area contributed by atoms with E-state index in [1.54, 1.807) is 0 Å². The van der Waals surface area contributed by atoms with Gasteiger partial charge in [-0.2, -0.15) is 0 Å². The zero-order valence-electron chi connectivity index (χ0n) is 9.52. The van der Waals surface area contributed by atoms with E-state index in [0.717, 1.165) is 18.6 Å². The van der Waals surface area contributed by atoms with Gasteiger partial charge < -0.3 is 15.7 Å². The molecule has 0 aromatic heterocycles. The van der Waals surface area contributed by atoms with E-state index in [9.17, 15) is 0 Å². The van der Waals surface area contributed by atoms with E-state index in [2.05, 4.69) is 24.2 Å². The Morgan fingerprint density at radius 2 is 2.06 bits per heavy atom. The molecular weight excluding hydrogens is 204 g/mol. The first-order valence-corrected chi connectivity index (χ1v) is 5.44. The van der Waals surface area contributed by atoms with Gasteiger partial charge in [-0.05, 0) is 30.5 Å². The molecule has 3 N–H and O–H groups in total. The quantitative estimate of drug-likeness (QED) is 0.255. The average Bonchev–Trinajstić information content (AvgIpc) is 2.35. The number of hydrogen-bond donors (Lipinski definition) is 2. The lowest BCUT2D eigenvalue weighted by molar-refractivity contribution is 0.305. The molecule has 0 unspecified atom stereocenters. The number of hydrogen-bond acceptors (Lipinski definition) is 3. The molecule has 0 saturated heterocycles. The third kappa shape index (κ3) is 4.21. The summed E-state index contributed by atoms with van der Waals surface area (Å²) in [5.74, 6) is 1.10. The summed E-state index contributed by atoms with van der Waals surface area (Å²) in [4.78, 5) is 0. The molecule has 0 fully saturated rings. The van der Waals surface area contributed by atoms with Crippen LogP contribution in [0.4, 0.5) is 0 Å². The molecule has 0 atom stereocenters. The van der Waals surface area contributed by atoms with E-state index < -0.39 is 0 Å². The molecule has 88 valence electrons. The molecule has 0 radical (unpaired) electrons. The van der Waals surface area contributed by atoms with Crippen LogP contribution in [0.3, 0.4) is 0 Å². The summed E-state index contributed by atoms with van der Waals surface area (Å²) < 4.78 is 5.51. The Balaban J connectivity index is 2.26. The number of benzene rings is 1. The molecule has 4 heteroatoms. The molecule has 1 aromatic carbocycles. The Morgan fingerprint density at radius 1 is 1.38 bits per heavy atom. The van der Waals surface area contributed by atoms with Crippen molar-refractivity contribution in [3.05, 3.63) is 29.8 Å². The van der Waals surface area contributed by atoms with Crippen molar-refractivity contribution >= 4 is 5.84 Å². The molecule has 16 heavy (non-hydrogen) atoms. The highest BCUT2D eigenvalue weighted by molar-refractivity contribution is 5.79. The van der Waals surface area contributed by atoms with Crippen LogP contribution in [0.15, 0.2) is 29.4 Å². The third-order valence-electron chi connectivity index (χ3n) is 2.31. The van der Waals surface area contributed by atoms with E-state index in [-0.39, 0.29) is 5.84 Å². The normalized spacial score (nSPS) is 11.4. The number of nitrogens with two attached hydrogens (primary N) is 1. The van der Waals surface area contributed by atoms with Gasteiger partial charge in [0.15, 0.2) is 0 Å². The molecular formula is C12H18N2O2. The number of amidine groups is 1. The number of nitrogens with zero attached hydrogens (tertiary/aromatic N) is 1. The molecule has 0 aliphatic heterocycles. The van der Waals surface area contributed by atoms with Crippen LogP contribution in [-0.2, 0) is 6.42 Å². The van der Waals surface area contributed by atoms with Crippen molar-refractivity contribution in [2.75, 3.05) is 6.61 Å². The van der Waals surface area contributed by atoms with Crippen LogP contribution in [0, 0.1) is 0 Å². The Bertz CT molecular complexity index is 333. The van der Waals surface area contributed by atoms with Crippen molar-refractivity contribution in [2.45, 2.75) is 26.2 Å². The average molecular weight is 222 g/mol. The van der Waals surface area contributed by atoms with Crippen LogP contribution < -0.4 is 10.5 Å². The Kier molecular flexibility index (Phi) is 5.19. The second-order valence-electron chi connectivity index (χ2n) is 3.54. The summed E-state index contributed by atoms with van der Waals surface area (Å²) in [5.41, 5.74) is 6.63. The SMILES string of the molecule is CCc1ccc(OCCC/C(N)=N/O)cc1. The second-order valence-corrected chi connectivity index (χ2v) is 3.54. The summed E-state index contributed by atoms with van der Waals surface area (Å²) in [6.45, 7) is 2.69. The smallest absolute Gasteiger partial charge is 0.139 e. The number of aryl methyl sites for hydroxylation is 1. The van der Waals surface area contributed by atoms with Gasteiger partial charge >= 0.3 is 0 Å². The van der Waals surface area contributed by atoms with Crippen LogP contribution in [-0.4, -0.2) is 17.6 Å². The first-order valence-electron chi connectivity index (χ1n) is 5.44. The van der Waals surface area contributed by atoms with E-state index in [4.69, 9.17) is 15.7 Å². The standard InChI is InChI=1S/C12H18N2O2/c1-2-10-5-7-11(8-6-10)16-9-3-4-12(13)14-15/h5-8,15H,2-4,9H2,1H3,(H2,13,14). The zero-order valence-corrected chi connectivity index (χ0v) is 9.52. The van der Waals surface area contributed by atoms with Gasteiger partial charge in [-0.15, -0.1) is 0 Å². The van der Waals surface area contributed by atoms with E-state index in [1.165, 1.54) is 5.56 Å². The van der Waals surface area contributed by atoms with Gasteiger partial charge in [-0.1, -0.05) is 24.2 Å². The maximum absolute atomic E-state index is 8.33. The van der Waals surface area contributed by atoms with Gasteiger partial charge in [-0.25, -0.2) is 0 Å². The van der Waals surface area contributed by atoms with Crippen molar-refractivity contribution in [2.24, 2.45) is 10.9 Å². The molecule has 4 nitrogen and oxygen atoms in total. The van der Waals surface area contributed by atoms with Gasteiger partial charge in [0.1, 0.15) is 11.6 Å². The Morgan fingerprint density at radius 3 is 2.62 bits per heavy atom. The Labute approximate surface area is 95.7 Å². The van der Waals surface area contributed by atoms with E-state index in [1.807, 2.05) is 12.1 Å². The fraction of sp³-hybridized carbons (Fsp3) is 0.417. The predicted molar refractivity (Wildman–Crippen MR) is 64.0 cm³/mol. The van der Waals surface area contributed by atoms with Gasteiger partial charge in [-0.3, -0.25) is 0 Å². The van der Waals surface area contributed by atoms with Gasteiger partial charge in [0, 0.05) is 6.42 Å². The summed E-state index contributed by atoms with van der Waals surface area (Å²) in [5, 5.41) is 11.2. The molecule has 0 amide bonds. The molecule has 0 saturated carbocycles. The Hall–Kier alpha value is -1.71. The first kappa shape index (κ1) is 12.4. The van der Waals surface area contributed by atoms with Crippen LogP contribution in [0.1, 0.15) is 25.3 Å². The van der Waals surface area contributed by atoms with Crippen LogP contribution >= 0.6 is 0 Å². The number of rotatable bonds is 6. The lowest BCUT2D eigenvalue weighted by Crippen LogP contribution is -2.12. The number of ether oxygens (including phenoxy) is 1. The minimum atomic E-state index is 0.241. The molecule has 1 rings (SSSR count). The predicted octanol–water partition coefficient (Wildman–Crippen LogP) is 2.15. The minimum absolute atomic E-state index is 0.241. The fourth-order valence-corrected chi connectivity index (χ4v) is 1.31. The van der Waals surface area contributed by atoms with Crippen molar-refractivity contribution in [1.29, 1.82) is 0 Å². The third-order valence-corrected chi connectivity index (χ3v) is 2.31. The van der Waals surface area contributed by atoms with Crippen molar-refractivity contribution < 1.29 is 9.94 Å². The van der Waals surface area contributed by atoms with Crippen molar-refractivity contribution in [3.8, 4) is 5.75 Å². The highest BCUT2D eigenvalue weighted by atomic mass is 16.5. The molecule has 1 aromatic rings. The summed E-state index contributed by atoms with van der Waals surface area (Å²) in [7, 11) is 0. The molecule has 0 aliphatic rings. The van der Waals surface area contributed by atoms with Crippen LogP contribution in [0.2, 0.25) is 0 Å². The van der Waals surface area contributed by atoms with Gasteiger partial charge in [0.25, 0.3) is 0 Å². The zero-order chi connectivity index (χ0) is 11.8. The summed E-state index contributed by atoms with van der Waals surface area (Å²) >= 11 is 0. The fourth-order valence-electron chi connectivity index (χ4n) is 1.31. The van der Waals surface area contributed by atoms with Crippen molar-refractivity contribution in [1.82, 2.24) is 0 Å². The monoisotopic (exact) mass is 222 g/mol. The summed E-state index contributed by atoms with van der Waals surface area (Å²) in [6, 6.07) is 8.03. The lowest BCUT2D eigenvalue weighted by atomic mass is 10.2. The topological polar surface area (TPSA) is 67.8 Å². The first-order chi connectivity index (χ1) is 7.76. The van der Waals surface area contributed by atoms with Crippen molar-refractivity contribution in [3.63, 3.8) is 0 Å². The minimum Gasteiger partial charge on any atom is -0.494 e. The van der Waals surface area contributed by atoms with Crippen LogP contribution in [0.5, 0.6) is 5.75 Å². The summed E-state index contributed by atoms with van der Waals surface area (Å²) in [6.07, 6.45) is 2.32. The molecule has 0 spiro atoms. The van der Waals surface area contributed by atoms with E-state index in [0.29, 0.717) is 13.0 Å². The highest BCUT2D eigenvalue weighted by Crippen LogP contribution is 2.12. The highest BCUT2D eigenvalue weighted by Gasteiger charge is 1.96. The molecule has 0 bridgehead atoms. The van der Waals surface area contributed by atoms with Crippen LogP contribution in [0.25, 0.3) is 0 Å².